The van der Waals surface area contributed by atoms with E-state index in [4.69, 9.17) is 4.52 Å². The first-order valence-electron chi connectivity index (χ1n) is 8.62. The topological polar surface area (TPSA) is 97.4 Å². The zero-order chi connectivity index (χ0) is 18.8. The summed E-state index contributed by atoms with van der Waals surface area (Å²) in [5.74, 6) is -0.244. The molecule has 8 heteroatoms. The Bertz CT molecular complexity index is 887. The molecule has 2 aromatic rings. The number of nitrogens with one attached hydrogen (secondary N) is 1. The summed E-state index contributed by atoms with van der Waals surface area (Å²) >= 11 is 0. The number of carbonyl (C=O) groups is 2. The van der Waals surface area contributed by atoms with Gasteiger partial charge in [-0.3, -0.25) is 14.4 Å². The van der Waals surface area contributed by atoms with E-state index in [2.05, 4.69) is 10.5 Å². The van der Waals surface area contributed by atoms with E-state index < -0.39 is 5.91 Å². The minimum absolute atomic E-state index is 0.0559. The second-order valence-corrected chi connectivity index (χ2v) is 6.56. The Morgan fingerprint density at radius 3 is 2.50 bits per heavy atom. The molecule has 0 unspecified atom stereocenters. The summed E-state index contributed by atoms with van der Waals surface area (Å²) < 4.78 is 6.30. The summed E-state index contributed by atoms with van der Waals surface area (Å²) in [5, 5.41) is 6.34. The zero-order valence-corrected chi connectivity index (χ0v) is 15.2. The molecule has 2 aromatic heterocycles. The SMILES string of the molecule is Cc1noc(C)c1C(=O)Nc1cc(C(=O)N2CCCCC2)cn(C)c1=O. The molecule has 0 aromatic carbocycles. The van der Waals surface area contributed by atoms with Gasteiger partial charge in [-0.25, -0.2) is 0 Å². The maximum absolute atomic E-state index is 12.7. The summed E-state index contributed by atoms with van der Waals surface area (Å²) in [7, 11) is 1.56. The molecule has 1 aliphatic heterocycles. The van der Waals surface area contributed by atoms with E-state index in [9.17, 15) is 14.4 Å². The highest BCUT2D eigenvalue weighted by atomic mass is 16.5. The number of likely N-dealkylation sites (tertiary alicyclic amines) is 1. The first-order valence-corrected chi connectivity index (χ1v) is 8.62. The molecule has 8 nitrogen and oxygen atoms in total. The number of hydrogen-bond donors (Lipinski definition) is 1. The van der Waals surface area contributed by atoms with Crippen LogP contribution in [0.3, 0.4) is 0 Å². The van der Waals surface area contributed by atoms with Gasteiger partial charge >= 0.3 is 0 Å². The number of carbonyl (C=O) groups excluding carboxylic acids is 2. The maximum Gasteiger partial charge on any atom is 0.274 e. The van der Waals surface area contributed by atoms with Crippen LogP contribution in [0.25, 0.3) is 0 Å². The highest BCUT2D eigenvalue weighted by molar-refractivity contribution is 6.06. The van der Waals surface area contributed by atoms with Crippen LogP contribution in [-0.4, -0.2) is 39.5 Å². The quantitative estimate of drug-likeness (QED) is 0.903. The van der Waals surface area contributed by atoms with Gasteiger partial charge in [-0.15, -0.1) is 0 Å². The van der Waals surface area contributed by atoms with Gasteiger partial charge in [0.2, 0.25) is 0 Å². The number of amides is 2. The molecule has 1 saturated heterocycles. The average Bonchev–Trinajstić information content (AvgIpc) is 2.97. The van der Waals surface area contributed by atoms with Gasteiger partial charge in [0.25, 0.3) is 17.4 Å². The van der Waals surface area contributed by atoms with E-state index in [1.807, 2.05) is 0 Å². The molecule has 1 N–H and O–H groups in total. The Morgan fingerprint density at radius 1 is 1.19 bits per heavy atom. The lowest BCUT2D eigenvalue weighted by Crippen LogP contribution is -2.36. The number of rotatable bonds is 3. The van der Waals surface area contributed by atoms with Crippen molar-refractivity contribution in [2.45, 2.75) is 33.1 Å². The lowest BCUT2D eigenvalue weighted by molar-refractivity contribution is 0.0723. The van der Waals surface area contributed by atoms with Crippen LogP contribution in [0.2, 0.25) is 0 Å². The number of pyridine rings is 1. The molecule has 0 atom stereocenters. The summed E-state index contributed by atoms with van der Waals surface area (Å²) in [5.41, 5.74) is 0.779. The van der Waals surface area contributed by atoms with Crippen LogP contribution in [0.5, 0.6) is 0 Å². The molecule has 0 saturated carbocycles. The molecule has 138 valence electrons. The molecule has 2 amide bonds. The Morgan fingerprint density at radius 2 is 1.88 bits per heavy atom. The lowest BCUT2D eigenvalue weighted by atomic mass is 10.1. The molecule has 0 aliphatic carbocycles. The minimum Gasteiger partial charge on any atom is -0.361 e. The van der Waals surface area contributed by atoms with E-state index in [-0.39, 0.29) is 17.2 Å². The van der Waals surface area contributed by atoms with Crippen molar-refractivity contribution in [1.82, 2.24) is 14.6 Å². The normalized spacial score (nSPS) is 14.3. The molecular formula is C18H22N4O4. The van der Waals surface area contributed by atoms with E-state index >= 15 is 0 Å². The third-order valence-corrected chi connectivity index (χ3v) is 4.58. The smallest absolute Gasteiger partial charge is 0.274 e. The molecular weight excluding hydrogens is 336 g/mol. The molecule has 1 fully saturated rings. The number of anilines is 1. The summed E-state index contributed by atoms with van der Waals surface area (Å²) in [4.78, 5) is 39.4. The Balaban J connectivity index is 1.90. The van der Waals surface area contributed by atoms with Crippen LogP contribution in [0.1, 0.15) is 51.4 Å². The number of hydrogen-bond acceptors (Lipinski definition) is 5. The zero-order valence-electron chi connectivity index (χ0n) is 15.2. The fraction of sp³-hybridized carbons (Fsp3) is 0.444. The Kier molecular flexibility index (Phi) is 4.92. The van der Waals surface area contributed by atoms with E-state index in [1.165, 1.54) is 16.8 Å². The van der Waals surface area contributed by atoms with E-state index in [0.717, 1.165) is 19.3 Å². The fourth-order valence-corrected chi connectivity index (χ4v) is 3.19. The van der Waals surface area contributed by atoms with Crippen LogP contribution in [0.4, 0.5) is 5.69 Å². The first kappa shape index (κ1) is 17.9. The molecule has 0 radical (unpaired) electrons. The van der Waals surface area contributed by atoms with Crippen LogP contribution in [0.15, 0.2) is 21.6 Å². The van der Waals surface area contributed by atoms with E-state index in [0.29, 0.717) is 35.7 Å². The summed E-state index contributed by atoms with van der Waals surface area (Å²) in [6.07, 6.45) is 4.58. The van der Waals surface area contributed by atoms with Gasteiger partial charge in [0.05, 0.1) is 11.3 Å². The number of nitrogens with zero attached hydrogens (tertiary/aromatic N) is 3. The van der Waals surface area contributed by atoms with Crippen molar-refractivity contribution >= 4 is 17.5 Å². The van der Waals surface area contributed by atoms with Crippen molar-refractivity contribution in [3.8, 4) is 0 Å². The Labute approximate surface area is 150 Å². The van der Waals surface area contributed by atoms with Crippen LogP contribution >= 0.6 is 0 Å². The maximum atomic E-state index is 12.7. The van der Waals surface area contributed by atoms with Gasteiger partial charge in [0.1, 0.15) is 17.0 Å². The van der Waals surface area contributed by atoms with Crippen LogP contribution in [-0.2, 0) is 7.05 Å². The first-order chi connectivity index (χ1) is 12.4. The van der Waals surface area contributed by atoms with Crippen molar-refractivity contribution in [1.29, 1.82) is 0 Å². The largest absolute Gasteiger partial charge is 0.361 e. The van der Waals surface area contributed by atoms with Crippen molar-refractivity contribution < 1.29 is 14.1 Å². The van der Waals surface area contributed by atoms with Crippen molar-refractivity contribution in [2.75, 3.05) is 18.4 Å². The standard InChI is InChI=1S/C18H22N4O4/c1-11-15(12(2)26-20-11)16(23)19-14-9-13(10-21(3)18(14)25)17(24)22-7-5-4-6-8-22/h9-10H,4-8H2,1-3H3,(H,19,23). The van der Waals surface area contributed by atoms with Crippen molar-refractivity contribution in [2.24, 2.45) is 7.05 Å². The average molecular weight is 358 g/mol. The third-order valence-electron chi connectivity index (χ3n) is 4.58. The van der Waals surface area contributed by atoms with Crippen LogP contribution < -0.4 is 10.9 Å². The Hall–Kier alpha value is -2.90. The summed E-state index contributed by atoms with van der Waals surface area (Å²) in [6, 6.07) is 1.44. The van der Waals surface area contributed by atoms with Gasteiger partial charge < -0.3 is 19.3 Å². The predicted molar refractivity (Wildman–Crippen MR) is 95.4 cm³/mol. The van der Waals surface area contributed by atoms with Gasteiger partial charge in [-0.1, -0.05) is 5.16 Å². The number of aryl methyl sites for hydroxylation is 3. The highest BCUT2D eigenvalue weighted by Crippen LogP contribution is 2.17. The van der Waals surface area contributed by atoms with E-state index in [1.54, 1.807) is 25.8 Å². The minimum atomic E-state index is -0.485. The molecule has 0 spiro atoms. The molecule has 1 aliphatic rings. The molecule has 3 heterocycles. The van der Waals surface area contributed by atoms with Gasteiger partial charge in [0.15, 0.2) is 0 Å². The van der Waals surface area contributed by atoms with Gasteiger partial charge in [-0.05, 0) is 39.2 Å². The molecule has 3 rings (SSSR count). The number of aromatic nitrogens is 2. The predicted octanol–water partition coefficient (Wildman–Crippen LogP) is 1.87. The van der Waals surface area contributed by atoms with Crippen molar-refractivity contribution in [3.05, 3.63) is 45.2 Å². The summed E-state index contributed by atoms with van der Waals surface area (Å²) in [6.45, 7) is 4.70. The second-order valence-electron chi connectivity index (χ2n) is 6.56. The molecule has 26 heavy (non-hydrogen) atoms. The highest BCUT2D eigenvalue weighted by Gasteiger charge is 2.22. The monoisotopic (exact) mass is 358 g/mol. The second kappa shape index (κ2) is 7.15. The van der Waals surface area contributed by atoms with Gasteiger partial charge in [0, 0.05) is 26.3 Å². The number of piperidine rings is 1. The van der Waals surface area contributed by atoms with Crippen molar-refractivity contribution in [3.63, 3.8) is 0 Å². The molecule has 0 bridgehead atoms. The lowest BCUT2D eigenvalue weighted by Gasteiger charge is -2.27. The fourth-order valence-electron chi connectivity index (χ4n) is 3.19. The van der Waals surface area contributed by atoms with Gasteiger partial charge in [-0.2, -0.15) is 0 Å². The third kappa shape index (κ3) is 3.40. The van der Waals surface area contributed by atoms with Crippen LogP contribution in [0, 0.1) is 13.8 Å².